The molecule has 3 heteroatoms. The van der Waals surface area contributed by atoms with Crippen LogP contribution in [0.4, 0.5) is 4.39 Å². The number of pyridine rings is 1. The van der Waals surface area contributed by atoms with Crippen LogP contribution in [-0.4, -0.2) is 10.1 Å². The Morgan fingerprint density at radius 2 is 1.94 bits per heavy atom. The summed E-state index contributed by atoms with van der Waals surface area (Å²) in [7, 11) is 0. The standard InChI is InChI=1S/C14H14FNO/c1-9-3-4-11(10(2)7-9)14(17)12-5-6-16-8-13(12)15/h3-8,14,17H,1-2H3. The predicted octanol–water partition coefficient (Wildman–Crippen LogP) is 2.92. The van der Waals surface area contributed by atoms with Crippen LogP contribution in [0.25, 0.3) is 0 Å². The summed E-state index contributed by atoms with van der Waals surface area (Å²) in [5.41, 5.74) is 3.05. The number of aryl methyl sites for hydroxylation is 2. The average Bonchev–Trinajstić information content (AvgIpc) is 2.29. The zero-order valence-electron chi connectivity index (χ0n) is 9.81. The quantitative estimate of drug-likeness (QED) is 0.862. The highest BCUT2D eigenvalue weighted by atomic mass is 19.1. The highest BCUT2D eigenvalue weighted by molar-refractivity contribution is 5.37. The van der Waals surface area contributed by atoms with E-state index >= 15 is 0 Å². The van der Waals surface area contributed by atoms with Crippen LogP contribution >= 0.6 is 0 Å². The molecule has 0 radical (unpaired) electrons. The first-order valence-electron chi connectivity index (χ1n) is 5.44. The van der Waals surface area contributed by atoms with Crippen LogP contribution in [0.15, 0.2) is 36.7 Å². The Kier molecular flexibility index (Phi) is 3.20. The smallest absolute Gasteiger partial charge is 0.147 e. The first kappa shape index (κ1) is 11.7. The third-order valence-electron chi connectivity index (χ3n) is 2.82. The van der Waals surface area contributed by atoms with Crippen LogP contribution in [0.1, 0.15) is 28.4 Å². The first-order chi connectivity index (χ1) is 8.09. The molecular formula is C14H14FNO. The average molecular weight is 231 g/mol. The van der Waals surface area contributed by atoms with Crippen molar-refractivity contribution in [2.45, 2.75) is 20.0 Å². The third kappa shape index (κ3) is 2.34. The van der Waals surface area contributed by atoms with Gasteiger partial charge in [-0.25, -0.2) is 4.39 Å². The largest absolute Gasteiger partial charge is 0.384 e. The Morgan fingerprint density at radius 3 is 2.59 bits per heavy atom. The van der Waals surface area contributed by atoms with Gasteiger partial charge in [-0.1, -0.05) is 23.8 Å². The third-order valence-corrected chi connectivity index (χ3v) is 2.82. The maximum absolute atomic E-state index is 13.5. The van der Waals surface area contributed by atoms with Gasteiger partial charge >= 0.3 is 0 Å². The summed E-state index contributed by atoms with van der Waals surface area (Å²) in [6, 6.07) is 7.21. The van der Waals surface area contributed by atoms with Crippen molar-refractivity contribution in [1.82, 2.24) is 4.98 Å². The van der Waals surface area contributed by atoms with E-state index in [1.165, 1.54) is 12.3 Å². The van der Waals surface area contributed by atoms with E-state index in [1.54, 1.807) is 0 Å². The normalized spacial score (nSPS) is 12.5. The number of aliphatic hydroxyl groups is 1. The van der Waals surface area contributed by atoms with Gasteiger partial charge in [0.2, 0.25) is 0 Å². The maximum Gasteiger partial charge on any atom is 0.147 e. The lowest BCUT2D eigenvalue weighted by atomic mass is 9.96. The first-order valence-corrected chi connectivity index (χ1v) is 5.44. The van der Waals surface area contributed by atoms with E-state index in [0.29, 0.717) is 0 Å². The zero-order chi connectivity index (χ0) is 12.4. The van der Waals surface area contributed by atoms with Gasteiger partial charge in [0.25, 0.3) is 0 Å². The van der Waals surface area contributed by atoms with Crippen molar-refractivity contribution in [2.24, 2.45) is 0 Å². The van der Waals surface area contributed by atoms with Gasteiger partial charge < -0.3 is 5.11 Å². The summed E-state index contributed by atoms with van der Waals surface area (Å²) in [4.78, 5) is 3.67. The van der Waals surface area contributed by atoms with Crippen molar-refractivity contribution in [1.29, 1.82) is 0 Å². The monoisotopic (exact) mass is 231 g/mol. The highest BCUT2D eigenvalue weighted by Crippen LogP contribution is 2.26. The lowest BCUT2D eigenvalue weighted by Crippen LogP contribution is -2.05. The van der Waals surface area contributed by atoms with Gasteiger partial charge in [-0.2, -0.15) is 0 Å². The molecule has 0 aliphatic carbocycles. The minimum Gasteiger partial charge on any atom is -0.384 e. The SMILES string of the molecule is Cc1ccc(C(O)c2ccncc2F)c(C)c1. The second kappa shape index (κ2) is 4.63. The van der Waals surface area contributed by atoms with Crippen molar-refractivity contribution >= 4 is 0 Å². The van der Waals surface area contributed by atoms with Gasteiger partial charge in [0.15, 0.2) is 0 Å². The molecule has 0 saturated carbocycles. The minimum atomic E-state index is -0.946. The number of hydrogen-bond donors (Lipinski definition) is 1. The second-order valence-corrected chi connectivity index (χ2v) is 4.16. The predicted molar refractivity (Wildman–Crippen MR) is 64.2 cm³/mol. The van der Waals surface area contributed by atoms with Crippen molar-refractivity contribution < 1.29 is 9.50 Å². The number of aliphatic hydroxyl groups excluding tert-OH is 1. The number of benzene rings is 1. The van der Waals surface area contributed by atoms with Crippen LogP contribution in [-0.2, 0) is 0 Å². The maximum atomic E-state index is 13.5. The van der Waals surface area contributed by atoms with Crippen molar-refractivity contribution in [3.8, 4) is 0 Å². The summed E-state index contributed by atoms with van der Waals surface area (Å²) in [5, 5.41) is 10.2. The number of nitrogens with zero attached hydrogens (tertiary/aromatic N) is 1. The summed E-state index contributed by atoms with van der Waals surface area (Å²) in [5.74, 6) is -0.486. The van der Waals surface area contributed by atoms with Gasteiger partial charge in [0.1, 0.15) is 11.9 Å². The fourth-order valence-electron chi connectivity index (χ4n) is 1.91. The van der Waals surface area contributed by atoms with Crippen LogP contribution in [0, 0.1) is 19.7 Å². The van der Waals surface area contributed by atoms with E-state index < -0.39 is 11.9 Å². The van der Waals surface area contributed by atoms with Crippen molar-refractivity contribution in [3.05, 3.63) is 64.7 Å². The summed E-state index contributed by atoms with van der Waals surface area (Å²) >= 11 is 0. The Hall–Kier alpha value is -1.74. The fourth-order valence-corrected chi connectivity index (χ4v) is 1.91. The molecule has 2 rings (SSSR count). The van der Waals surface area contributed by atoms with E-state index in [0.717, 1.165) is 22.9 Å². The van der Waals surface area contributed by atoms with Gasteiger partial charge in [-0.05, 0) is 31.0 Å². The van der Waals surface area contributed by atoms with E-state index in [1.807, 2.05) is 32.0 Å². The number of hydrogen-bond acceptors (Lipinski definition) is 2. The van der Waals surface area contributed by atoms with Gasteiger partial charge in [0.05, 0.1) is 6.20 Å². The molecule has 0 saturated heterocycles. The molecular weight excluding hydrogens is 217 g/mol. The highest BCUT2D eigenvalue weighted by Gasteiger charge is 2.16. The molecule has 0 aliphatic heterocycles. The zero-order valence-corrected chi connectivity index (χ0v) is 9.81. The summed E-state index contributed by atoms with van der Waals surface area (Å²) in [6.07, 6.45) is 1.64. The Balaban J connectivity index is 2.44. The lowest BCUT2D eigenvalue weighted by molar-refractivity contribution is 0.214. The van der Waals surface area contributed by atoms with Crippen molar-refractivity contribution in [2.75, 3.05) is 0 Å². The molecule has 1 aromatic heterocycles. The molecule has 0 spiro atoms. The van der Waals surface area contributed by atoms with E-state index in [4.69, 9.17) is 0 Å². The molecule has 0 bridgehead atoms. The molecule has 1 aromatic carbocycles. The molecule has 1 unspecified atom stereocenters. The van der Waals surface area contributed by atoms with E-state index in [9.17, 15) is 9.50 Å². The summed E-state index contributed by atoms with van der Waals surface area (Å²) < 4.78 is 13.5. The molecule has 1 N–H and O–H groups in total. The van der Waals surface area contributed by atoms with Crippen LogP contribution in [0.5, 0.6) is 0 Å². The van der Waals surface area contributed by atoms with Gasteiger partial charge in [-0.3, -0.25) is 4.98 Å². The topological polar surface area (TPSA) is 33.1 Å². The number of halogens is 1. The summed E-state index contributed by atoms with van der Waals surface area (Å²) in [6.45, 7) is 3.89. The van der Waals surface area contributed by atoms with E-state index in [2.05, 4.69) is 4.98 Å². The molecule has 2 aromatic rings. The number of aromatic nitrogens is 1. The van der Waals surface area contributed by atoms with Gasteiger partial charge in [0, 0.05) is 11.8 Å². The molecule has 0 fully saturated rings. The molecule has 1 atom stereocenters. The van der Waals surface area contributed by atoms with Crippen LogP contribution in [0.3, 0.4) is 0 Å². The molecule has 0 aliphatic rings. The number of rotatable bonds is 2. The second-order valence-electron chi connectivity index (χ2n) is 4.16. The van der Waals surface area contributed by atoms with Crippen molar-refractivity contribution in [3.63, 3.8) is 0 Å². The van der Waals surface area contributed by atoms with E-state index in [-0.39, 0.29) is 5.56 Å². The molecule has 2 nitrogen and oxygen atoms in total. The Morgan fingerprint density at radius 1 is 1.18 bits per heavy atom. The molecule has 1 heterocycles. The molecule has 88 valence electrons. The fraction of sp³-hybridized carbons (Fsp3) is 0.214. The van der Waals surface area contributed by atoms with Crippen LogP contribution < -0.4 is 0 Å². The Labute approximate surface area is 99.8 Å². The minimum absolute atomic E-state index is 0.256. The Bertz CT molecular complexity index is 539. The van der Waals surface area contributed by atoms with Crippen LogP contribution in [0.2, 0.25) is 0 Å². The molecule has 0 amide bonds. The van der Waals surface area contributed by atoms with Gasteiger partial charge in [-0.15, -0.1) is 0 Å². The molecule has 17 heavy (non-hydrogen) atoms. The lowest BCUT2D eigenvalue weighted by Gasteiger charge is -2.15.